The van der Waals surface area contributed by atoms with Gasteiger partial charge in [-0.3, -0.25) is 4.79 Å². The predicted octanol–water partition coefficient (Wildman–Crippen LogP) is 3.76. The smallest absolute Gasteiger partial charge is 0.265 e. The maximum Gasteiger partial charge on any atom is 0.265 e. The van der Waals surface area contributed by atoms with Crippen LogP contribution in [0.15, 0.2) is 48.5 Å². The monoisotopic (exact) mass is 291 g/mol. The Labute approximate surface area is 121 Å². The zero-order chi connectivity index (χ0) is 15.2. The van der Waals surface area contributed by atoms with Crippen LogP contribution in [-0.2, 0) is 4.79 Å². The molecule has 0 spiro atoms. The van der Waals surface area contributed by atoms with Gasteiger partial charge in [0.2, 0.25) is 0 Å². The molecule has 110 valence electrons. The first-order valence-corrected chi connectivity index (χ1v) is 6.57. The lowest BCUT2D eigenvalue weighted by atomic mass is 10.2. The first kappa shape index (κ1) is 15.0. The molecule has 0 aliphatic heterocycles. The highest BCUT2D eigenvalue weighted by Crippen LogP contribution is 2.16. The van der Waals surface area contributed by atoms with Gasteiger partial charge < -0.3 is 10.1 Å². The Hall–Kier alpha value is -2.43. The molecule has 0 bridgehead atoms. The van der Waals surface area contributed by atoms with Gasteiger partial charge in [0.15, 0.2) is 6.10 Å². The van der Waals surface area contributed by atoms with E-state index in [1.165, 1.54) is 42.5 Å². The normalized spacial score (nSPS) is 11.8. The maximum atomic E-state index is 13.1. The molecule has 2 rings (SSSR count). The number of carbonyl (C=O) groups excluding carboxylic acids is 1. The number of amides is 1. The fraction of sp³-hybridized carbons (Fsp3) is 0.188. The molecule has 3 nitrogen and oxygen atoms in total. The highest BCUT2D eigenvalue weighted by atomic mass is 19.1. The molecular formula is C16H15F2NO2. The van der Waals surface area contributed by atoms with Crippen LogP contribution >= 0.6 is 0 Å². The number of halogens is 2. The molecule has 1 amide bonds. The van der Waals surface area contributed by atoms with Gasteiger partial charge in [0, 0.05) is 5.69 Å². The zero-order valence-corrected chi connectivity index (χ0v) is 11.5. The lowest BCUT2D eigenvalue weighted by Gasteiger charge is -2.17. The molecule has 0 heterocycles. The molecule has 0 unspecified atom stereocenters. The van der Waals surface area contributed by atoms with E-state index in [4.69, 9.17) is 4.74 Å². The summed E-state index contributed by atoms with van der Waals surface area (Å²) in [6, 6.07) is 11.0. The van der Waals surface area contributed by atoms with E-state index in [1.54, 1.807) is 13.0 Å². The molecule has 1 N–H and O–H groups in total. The van der Waals surface area contributed by atoms with Crippen molar-refractivity contribution in [2.45, 2.75) is 19.4 Å². The van der Waals surface area contributed by atoms with Crippen molar-refractivity contribution >= 4 is 11.6 Å². The van der Waals surface area contributed by atoms with E-state index in [9.17, 15) is 13.6 Å². The Morgan fingerprint density at radius 3 is 2.48 bits per heavy atom. The van der Waals surface area contributed by atoms with Crippen molar-refractivity contribution < 1.29 is 18.3 Å². The highest BCUT2D eigenvalue weighted by Gasteiger charge is 2.18. The van der Waals surface area contributed by atoms with Gasteiger partial charge in [-0.05, 0) is 48.9 Å². The number of anilines is 1. The van der Waals surface area contributed by atoms with Crippen LogP contribution < -0.4 is 10.1 Å². The molecule has 21 heavy (non-hydrogen) atoms. The number of hydrogen-bond donors (Lipinski definition) is 1. The molecular weight excluding hydrogens is 276 g/mol. The number of carbonyl (C=O) groups is 1. The third-order valence-electron chi connectivity index (χ3n) is 2.85. The summed E-state index contributed by atoms with van der Waals surface area (Å²) in [4.78, 5) is 12.1. The maximum absolute atomic E-state index is 13.1. The molecule has 0 radical (unpaired) electrons. The lowest BCUT2D eigenvalue weighted by molar-refractivity contribution is -0.122. The summed E-state index contributed by atoms with van der Waals surface area (Å²) >= 11 is 0. The molecule has 0 saturated carbocycles. The van der Waals surface area contributed by atoms with Gasteiger partial charge >= 0.3 is 0 Å². The minimum Gasteiger partial charge on any atom is -0.481 e. The lowest BCUT2D eigenvalue weighted by Crippen LogP contribution is -2.32. The van der Waals surface area contributed by atoms with Crippen LogP contribution in [0.5, 0.6) is 5.75 Å². The molecule has 1 atom stereocenters. The summed E-state index contributed by atoms with van der Waals surface area (Å²) in [6.07, 6.45) is -0.308. The van der Waals surface area contributed by atoms with Crippen LogP contribution in [0.2, 0.25) is 0 Å². The van der Waals surface area contributed by atoms with Crippen LogP contribution in [0, 0.1) is 11.6 Å². The average Bonchev–Trinajstić information content (AvgIpc) is 2.46. The summed E-state index contributed by atoms with van der Waals surface area (Å²) in [5.74, 6) is -0.787. The van der Waals surface area contributed by atoms with Crippen molar-refractivity contribution in [1.29, 1.82) is 0 Å². The second-order valence-corrected chi connectivity index (χ2v) is 4.47. The van der Waals surface area contributed by atoms with E-state index in [-0.39, 0.29) is 11.7 Å². The predicted molar refractivity (Wildman–Crippen MR) is 76.1 cm³/mol. The minimum atomic E-state index is -0.737. The molecule has 2 aromatic carbocycles. The van der Waals surface area contributed by atoms with Gasteiger partial charge in [-0.1, -0.05) is 13.0 Å². The van der Waals surface area contributed by atoms with Gasteiger partial charge in [-0.25, -0.2) is 8.78 Å². The molecule has 0 aliphatic rings. The zero-order valence-electron chi connectivity index (χ0n) is 11.5. The number of benzene rings is 2. The fourth-order valence-corrected chi connectivity index (χ4v) is 1.79. The number of hydrogen-bond acceptors (Lipinski definition) is 2. The third kappa shape index (κ3) is 4.27. The van der Waals surface area contributed by atoms with Crippen molar-refractivity contribution in [2.24, 2.45) is 0 Å². The number of rotatable bonds is 5. The number of ether oxygens (including phenoxy) is 1. The third-order valence-corrected chi connectivity index (χ3v) is 2.85. The summed E-state index contributed by atoms with van der Waals surface area (Å²) < 4.78 is 31.4. The van der Waals surface area contributed by atoms with Crippen LogP contribution in [-0.4, -0.2) is 12.0 Å². The first-order chi connectivity index (χ1) is 10.1. The van der Waals surface area contributed by atoms with E-state index >= 15 is 0 Å². The number of nitrogens with one attached hydrogen (secondary N) is 1. The highest BCUT2D eigenvalue weighted by molar-refractivity contribution is 5.94. The quantitative estimate of drug-likeness (QED) is 0.911. The molecule has 5 heteroatoms. The second kappa shape index (κ2) is 6.83. The minimum absolute atomic E-state index is 0.362. The van der Waals surface area contributed by atoms with Crippen LogP contribution in [0.3, 0.4) is 0 Å². The van der Waals surface area contributed by atoms with Crippen molar-refractivity contribution in [2.75, 3.05) is 5.32 Å². The van der Waals surface area contributed by atoms with Gasteiger partial charge in [-0.15, -0.1) is 0 Å². The molecule has 0 fully saturated rings. The van der Waals surface area contributed by atoms with Crippen molar-refractivity contribution in [3.8, 4) is 5.75 Å². The first-order valence-electron chi connectivity index (χ1n) is 6.57. The SMILES string of the molecule is CC[C@H](Oc1ccc(F)cc1)C(=O)Nc1cccc(F)c1. The van der Waals surface area contributed by atoms with Gasteiger partial charge in [0.25, 0.3) is 5.91 Å². The summed E-state index contributed by atoms with van der Waals surface area (Å²) in [5.41, 5.74) is 0.362. The van der Waals surface area contributed by atoms with E-state index in [2.05, 4.69) is 5.32 Å². The Balaban J connectivity index is 2.03. The average molecular weight is 291 g/mol. The molecule has 2 aromatic rings. The Kier molecular flexibility index (Phi) is 4.87. The van der Waals surface area contributed by atoms with Gasteiger partial charge in [0.1, 0.15) is 17.4 Å². The largest absolute Gasteiger partial charge is 0.481 e. The fourth-order valence-electron chi connectivity index (χ4n) is 1.79. The van der Waals surface area contributed by atoms with Crippen LogP contribution in [0.25, 0.3) is 0 Å². The summed E-state index contributed by atoms with van der Waals surface area (Å²) in [5, 5.41) is 2.59. The van der Waals surface area contributed by atoms with Crippen molar-refractivity contribution in [1.82, 2.24) is 0 Å². The van der Waals surface area contributed by atoms with Gasteiger partial charge in [-0.2, -0.15) is 0 Å². The Bertz CT molecular complexity index is 614. The Morgan fingerprint density at radius 2 is 1.86 bits per heavy atom. The van der Waals surface area contributed by atoms with E-state index in [0.29, 0.717) is 17.9 Å². The van der Waals surface area contributed by atoms with Crippen molar-refractivity contribution in [3.63, 3.8) is 0 Å². The molecule has 0 aliphatic carbocycles. The standard InChI is InChI=1S/C16H15F2NO2/c1-2-15(21-14-8-6-11(17)7-9-14)16(20)19-13-5-3-4-12(18)10-13/h3-10,15H,2H2,1H3,(H,19,20)/t15-/m0/s1. The van der Waals surface area contributed by atoms with Crippen LogP contribution in [0.1, 0.15) is 13.3 Å². The molecule has 0 saturated heterocycles. The van der Waals surface area contributed by atoms with Gasteiger partial charge in [0.05, 0.1) is 0 Å². The van der Waals surface area contributed by atoms with E-state index in [0.717, 1.165) is 0 Å². The van der Waals surface area contributed by atoms with Crippen LogP contribution in [0.4, 0.5) is 14.5 Å². The molecule has 0 aromatic heterocycles. The van der Waals surface area contributed by atoms with E-state index < -0.39 is 11.9 Å². The summed E-state index contributed by atoms with van der Waals surface area (Å²) in [7, 11) is 0. The Morgan fingerprint density at radius 1 is 1.14 bits per heavy atom. The second-order valence-electron chi connectivity index (χ2n) is 4.47. The van der Waals surface area contributed by atoms with Crippen molar-refractivity contribution in [3.05, 3.63) is 60.2 Å². The van der Waals surface area contributed by atoms with E-state index in [1.807, 2.05) is 0 Å². The topological polar surface area (TPSA) is 38.3 Å². The summed E-state index contributed by atoms with van der Waals surface area (Å²) in [6.45, 7) is 1.79.